The molecule has 0 saturated heterocycles. The van der Waals surface area contributed by atoms with E-state index in [0.717, 1.165) is 11.9 Å². The molecular weight excluding hydrogens is 202 g/mol. The van der Waals surface area contributed by atoms with Crippen LogP contribution in [0, 0.1) is 20.8 Å². The van der Waals surface area contributed by atoms with Gasteiger partial charge in [0, 0.05) is 16.8 Å². The van der Waals surface area contributed by atoms with Gasteiger partial charge in [0.1, 0.15) is 0 Å². The number of rotatable bonds is 4. The summed E-state index contributed by atoms with van der Waals surface area (Å²) in [5, 5.41) is 3.54. The van der Waals surface area contributed by atoms with Gasteiger partial charge in [-0.15, -0.1) is 11.8 Å². The molecule has 0 aliphatic heterocycles. The van der Waals surface area contributed by atoms with Crippen LogP contribution in [0.5, 0.6) is 0 Å². The molecule has 1 N–H and O–H groups in total. The maximum Gasteiger partial charge on any atom is 0.0468 e. The topological polar surface area (TPSA) is 12.0 Å². The van der Waals surface area contributed by atoms with Gasteiger partial charge < -0.3 is 5.32 Å². The highest BCUT2D eigenvalue weighted by atomic mass is 32.2. The van der Waals surface area contributed by atoms with Gasteiger partial charge in [-0.3, -0.25) is 0 Å². The first kappa shape index (κ1) is 11.0. The number of hydrogen-bond donors (Lipinski definition) is 1. The molecule has 0 heterocycles. The molecule has 0 aromatic heterocycles. The molecule has 1 aliphatic carbocycles. The number of hydrogen-bond acceptors (Lipinski definition) is 2. The summed E-state index contributed by atoms with van der Waals surface area (Å²) < 4.78 is 0. The van der Waals surface area contributed by atoms with Gasteiger partial charge in [-0.05, 0) is 44.7 Å². The third-order valence-corrected chi connectivity index (χ3v) is 4.01. The van der Waals surface area contributed by atoms with Crippen molar-refractivity contribution < 1.29 is 0 Å². The summed E-state index contributed by atoms with van der Waals surface area (Å²) in [7, 11) is 0. The molecule has 2 rings (SSSR count). The van der Waals surface area contributed by atoms with E-state index < -0.39 is 0 Å². The lowest BCUT2D eigenvalue weighted by Gasteiger charge is -2.11. The van der Waals surface area contributed by atoms with Crippen LogP contribution in [0.15, 0.2) is 17.0 Å². The van der Waals surface area contributed by atoms with Crippen LogP contribution in [0.3, 0.4) is 0 Å². The summed E-state index contributed by atoms with van der Waals surface area (Å²) in [6.07, 6.45) is 2.73. The summed E-state index contributed by atoms with van der Waals surface area (Å²) in [5.74, 6) is 1.05. The normalized spacial score (nSPS) is 15.7. The minimum atomic E-state index is 0.809. The zero-order valence-electron chi connectivity index (χ0n) is 9.76. The van der Waals surface area contributed by atoms with Crippen LogP contribution in [0.2, 0.25) is 0 Å². The lowest BCUT2D eigenvalue weighted by atomic mass is 10.1. The summed E-state index contributed by atoms with van der Waals surface area (Å²) in [6.45, 7) is 6.58. The molecule has 1 aromatic carbocycles. The van der Waals surface area contributed by atoms with E-state index in [1.165, 1.54) is 34.4 Å². The number of benzene rings is 1. The van der Waals surface area contributed by atoms with E-state index in [9.17, 15) is 0 Å². The maximum absolute atomic E-state index is 3.54. The quantitative estimate of drug-likeness (QED) is 0.617. The number of thioether (sulfide) groups is 1. The van der Waals surface area contributed by atoms with Crippen molar-refractivity contribution >= 4 is 11.8 Å². The van der Waals surface area contributed by atoms with Crippen LogP contribution in [-0.4, -0.2) is 11.9 Å². The fraction of sp³-hybridized carbons (Fsp3) is 0.538. The van der Waals surface area contributed by atoms with E-state index in [1.807, 2.05) is 11.8 Å². The fourth-order valence-electron chi connectivity index (χ4n) is 1.91. The zero-order chi connectivity index (χ0) is 10.8. The Morgan fingerprint density at radius 1 is 1.20 bits per heavy atom. The van der Waals surface area contributed by atoms with Crippen molar-refractivity contribution in [2.24, 2.45) is 0 Å². The second-order valence-corrected chi connectivity index (χ2v) is 5.48. The minimum absolute atomic E-state index is 0.809. The van der Waals surface area contributed by atoms with E-state index in [1.54, 1.807) is 0 Å². The fourth-order valence-corrected chi connectivity index (χ4v) is 2.95. The molecule has 0 bridgehead atoms. The smallest absolute Gasteiger partial charge is 0.0468 e. The summed E-state index contributed by atoms with van der Waals surface area (Å²) in [5.41, 5.74) is 4.19. The molecule has 1 aliphatic rings. The van der Waals surface area contributed by atoms with Gasteiger partial charge in [-0.1, -0.05) is 17.7 Å². The molecule has 2 heteroatoms. The summed E-state index contributed by atoms with van der Waals surface area (Å²) >= 11 is 1.94. The van der Waals surface area contributed by atoms with Gasteiger partial charge in [0.25, 0.3) is 0 Å². The Morgan fingerprint density at radius 3 is 2.33 bits per heavy atom. The Kier molecular flexibility index (Phi) is 3.37. The van der Waals surface area contributed by atoms with Crippen molar-refractivity contribution in [3.8, 4) is 0 Å². The number of nitrogens with one attached hydrogen (secondary N) is 1. The molecule has 0 spiro atoms. The first-order valence-electron chi connectivity index (χ1n) is 5.61. The standard InChI is InChI=1S/C13H19NS/c1-9-6-10(2)13(11(3)7-9)15-8-14-12-4-5-12/h6-7,12,14H,4-5,8H2,1-3H3. The first-order chi connectivity index (χ1) is 7.16. The molecule has 1 aromatic rings. The van der Waals surface area contributed by atoms with Crippen LogP contribution >= 0.6 is 11.8 Å². The van der Waals surface area contributed by atoms with E-state index in [2.05, 4.69) is 38.2 Å². The van der Waals surface area contributed by atoms with Crippen LogP contribution < -0.4 is 5.32 Å². The molecule has 0 atom stereocenters. The van der Waals surface area contributed by atoms with E-state index in [4.69, 9.17) is 0 Å². The Hall–Kier alpha value is -0.470. The van der Waals surface area contributed by atoms with Gasteiger partial charge in [0.05, 0.1) is 0 Å². The van der Waals surface area contributed by atoms with Gasteiger partial charge in [0.15, 0.2) is 0 Å². The molecule has 0 unspecified atom stereocenters. The average Bonchev–Trinajstić information content (AvgIpc) is 2.93. The van der Waals surface area contributed by atoms with Crippen molar-refractivity contribution in [3.05, 3.63) is 28.8 Å². The first-order valence-corrected chi connectivity index (χ1v) is 6.59. The Bertz CT molecular complexity index is 333. The molecular formula is C13H19NS. The van der Waals surface area contributed by atoms with Gasteiger partial charge in [-0.2, -0.15) is 0 Å². The SMILES string of the molecule is Cc1cc(C)c(SCNC2CC2)c(C)c1. The third kappa shape index (κ3) is 2.99. The minimum Gasteiger partial charge on any atom is -0.305 e. The Labute approximate surface area is 96.7 Å². The van der Waals surface area contributed by atoms with Crippen LogP contribution in [0.4, 0.5) is 0 Å². The molecule has 0 radical (unpaired) electrons. The van der Waals surface area contributed by atoms with E-state index in [-0.39, 0.29) is 0 Å². The summed E-state index contributed by atoms with van der Waals surface area (Å²) in [6, 6.07) is 5.35. The monoisotopic (exact) mass is 221 g/mol. The second kappa shape index (κ2) is 4.58. The van der Waals surface area contributed by atoms with Crippen molar-refractivity contribution in [1.82, 2.24) is 5.32 Å². The van der Waals surface area contributed by atoms with Crippen LogP contribution in [0.25, 0.3) is 0 Å². The summed E-state index contributed by atoms with van der Waals surface area (Å²) in [4.78, 5) is 1.45. The van der Waals surface area contributed by atoms with E-state index >= 15 is 0 Å². The highest BCUT2D eigenvalue weighted by molar-refractivity contribution is 7.99. The van der Waals surface area contributed by atoms with Crippen molar-refractivity contribution in [2.75, 3.05) is 5.88 Å². The van der Waals surface area contributed by atoms with Gasteiger partial charge >= 0.3 is 0 Å². The molecule has 0 amide bonds. The van der Waals surface area contributed by atoms with E-state index in [0.29, 0.717) is 0 Å². The third-order valence-electron chi connectivity index (χ3n) is 2.77. The Balaban J connectivity index is 1.99. The van der Waals surface area contributed by atoms with Gasteiger partial charge in [0.2, 0.25) is 0 Å². The van der Waals surface area contributed by atoms with Gasteiger partial charge in [-0.25, -0.2) is 0 Å². The predicted octanol–water partition coefficient (Wildman–Crippen LogP) is 3.41. The lowest BCUT2D eigenvalue weighted by molar-refractivity contribution is 0.788. The molecule has 15 heavy (non-hydrogen) atoms. The average molecular weight is 221 g/mol. The van der Waals surface area contributed by atoms with Crippen molar-refractivity contribution in [2.45, 2.75) is 44.6 Å². The molecule has 1 saturated carbocycles. The maximum atomic E-state index is 3.54. The van der Waals surface area contributed by atoms with Crippen molar-refractivity contribution in [1.29, 1.82) is 0 Å². The molecule has 82 valence electrons. The van der Waals surface area contributed by atoms with Crippen molar-refractivity contribution in [3.63, 3.8) is 0 Å². The predicted molar refractivity (Wildman–Crippen MR) is 67.5 cm³/mol. The second-order valence-electron chi connectivity index (χ2n) is 4.49. The Morgan fingerprint density at radius 2 is 1.80 bits per heavy atom. The number of aryl methyl sites for hydroxylation is 3. The molecule has 1 nitrogen and oxygen atoms in total. The van der Waals surface area contributed by atoms with Crippen LogP contribution in [-0.2, 0) is 0 Å². The zero-order valence-corrected chi connectivity index (χ0v) is 10.6. The van der Waals surface area contributed by atoms with Crippen LogP contribution in [0.1, 0.15) is 29.5 Å². The highest BCUT2D eigenvalue weighted by Gasteiger charge is 2.20. The molecule has 1 fully saturated rings. The lowest BCUT2D eigenvalue weighted by Crippen LogP contribution is -2.14. The highest BCUT2D eigenvalue weighted by Crippen LogP contribution is 2.28. The largest absolute Gasteiger partial charge is 0.305 e.